The van der Waals surface area contributed by atoms with Crippen LogP contribution < -0.4 is 4.72 Å². The minimum Gasteiger partial charge on any atom is -0.207 e. The summed E-state index contributed by atoms with van der Waals surface area (Å²) in [6.45, 7) is 1.82. The van der Waals surface area contributed by atoms with E-state index in [1.165, 1.54) is 11.3 Å². The maximum atomic E-state index is 12.1. The van der Waals surface area contributed by atoms with Crippen molar-refractivity contribution in [3.05, 3.63) is 26.9 Å². The molecule has 0 aliphatic heterocycles. The van der Waals surface area contributed by atoms with Gasteiger partial charge in [0.25, 0.3) is 0 Å². The van der Waals surface area contributed by atoms with Crippen LogP contribution in [-0.4, -0.2) is 14.5 Å². The van der Waals surface area contributed by atoms with Crippen LogP contribution in [0.4, 0.5) is 0 Å². The van der Waals surface area contributed by atoms with E-state index in [9.17, 15) is 8.42 Å². The molecule has 1 N–H and O–H groups in total. The molecule has 6 heteroatoms. The molecule has 3 nitrogen and oxygen atoms in total. The Morgan fingerprint density at radius 3 is 2.56 bits per heavy atom. The number of hydrogen-bond donors (Lipinski definition) is 1. The lowest BCUT2D eigenvalue weighted by Crippen LogP contribution is -2.32. The van der Waals surface area contributed by atoms with Crippen LogP contribution in [-0.2, 0) is 10.0 Å². The summed E-state index contributed by atoms with van der Waals surface area (Å²) in [7, 11) is -3.36. The maximum absolute atomic E-state index is 12.1. The molecule has 0 spiro atoms. The Morgan fingerprint density at radius 2 is 2.06 bits per heavy atom. The summed E-state index contributed by atoms with van der Waals surface area (Å²) in [6.07, 6.45) is 5.57. The zero-order valence-electron chi connectivity index (χ0n) is 8.73. The lowest BCUT2D eigenvalue weighted by molar-refractivity contribution is 0.557. The van der Waals surface area contributed by atoms with Gasteiger partial charge in [-0.25, -0.2) is 13.1 Å². The van der Waals surface area contributed by atoms with Crippen molar-refractivity contribution in [2.24, 2.45) is 0 Å². The van der Waals surface area contributed by atoms with Gasteiger partial charge in [-0.3, -0.25) is 0 Å². The molecule has 1 aromatic rings. The molecule has 88 valence electrons. The normalized spacial score (nSPS) is 17.1. The van der Waals surface area contributed by atoms with Crippen molar-refractivity contribution in [2.45, 2.75) is 30.7 Å². The predicted molar refractivity (Wildman–Crippen MR) is 69.2 cm³/mol. The average Bonchev–Trinajstić information content (AvgIpc) is 2.75. The highest BCUT2D eigenvalue weighted by Gasteiger charge is 2.23. The molecule has 16 heavy (non-hydrogen) atoms. The van der Waals surface area contributed by atoms with Gasteiger partial charge in [0.2, 0.25) is 10.0 Å². The van der Waals surface area contributed by atoms with E-state index in [0.717, 1.165) is 21.5 Å². The Hall–Kier alpha value is -0.170. The van der Waals surface area contributed by atoms with Crippen LogP contribution in [0, 0.1) is 6.92 Å². The molecule has 2 rings (SSSR count). The van der Waals surface area contributed by atoms with Gasteiger partial charge in [0.1, 0.15) is 0 Å². The van der Waals surface area contributed by atoms with Gasteiger partial charge in [-0.15, -0.1) is 11.3 Å². The van der Waals surface area contributed by atoms with E-state index in [1.54, 1.807) is 6.07 Å². The molecule has 0 atom stereocenters. The third-order valence-electron chi connectivity index (χ3n) is 2.46. The molecule has 0 amide bonds. The minimum atomic E-state index is -3.36. The van der Waals surface area contributed by atoms with Crippen LogP contribution in [0.15, 0.2) is 26.9 Å². The monoisotopic (exact) mass is 321 g/mol. The van der Waals surface area contributed by atoms with Crippen LogP contribution >= 0.6 is 27.3 Å². The summed E-state index contributed by atoms with van der Waals surface area (Å²) >= 11 is 4.74. The van der Waals surface area contributed by atoms with Gasteiger partial charge in [0, 0.05) is 10.9 Å². The van der Waals surface area contributed by atoms with Crippen LogP contribution in [0.3, 0.4) is 0 Å². The molecule has 1 aromatic heterocycles. The van der Waals surface area contributed by atoms with E-state index in [1.807, 2.05) is 19.1 Å². The van der Waals surface area contributed by atoms with Crippen molar-refractivity contribution in [1.82, 2.24) is 4.72 Å². The first-order valence-electron chi connectivity index (χ1n) is 4.92. The minimum absolute atomic E-state index is 0.0167. The zero-order chi connectivity index (χ0) is 11.8. The number of thiophene rings is 1. The van der Waals surface area contributed by atoms with Crippen LogP contribution in [0.5, 0.6) is 0 Å². The molecule has 0 fully saturated rings. The average molecular weight is 322 g/mol. The third-order valence-corrected chi connectivity index (χ3v) is 5.79. The molecular formula is C10H12BrNO2S2. The van der Waals surface area contributed by atoms with E-state index in [4.69, 9.17) is 0 Å². The molecule has 1 aliphatic rings. The quantitative estimate of drug-likeness (QED) is 0.870. The molecule has 0 aromatic carbocycles. The van der Waals surface area contributed by atoms with E-state index in [-0.39, 0.29) is 6.04 Å². The number of aryl methyl sites for hydroxylation is 1. The van der Waals surface area contributed by atoms with E-state index in [0.29, 0.717) is 4.90 Å². The SMILES string of the molecule is Cc1sc(Br)cc1S(=O)(=O)NC1CC=CC1. The fraction of sp³-hybridized carbons (Fsp3) is 0.400. The molecule has 0 saturated heterocycles. The highest BCUT2D eigenvalue weighted by atomic mass is 79.9. The smallest absolute Gasteiger partial charge is 0.207 e. The Labute approximate surface area is 108 Å². The second-order valence-electron chi connectivity index (χ2n) is 3.73. The zero-order valence-corrected chi connectivity index (χ0v) is 12.0. The summed E-state index contributed by atoms with van der Waals surface area (Å²) in [4.78, 5) is 1.20. The Kier molecular flexibility index (Phi) is 3.53. The van der Waals surface area contributed by atoms with Gasteiger partial charge in [-0.1, -0.05) is 12.2 Å². The first-order chi connectivity index (χ1) is 7.49. The molecule has 0 unspecified atom stereocenters. The second-order valence-corrected chi connectivity index (χ2v) is 8.05. The Balaban J connectivity index is 2.21. The van der Waals surface area contributed by atoms with Gasteiger partial charge >= 0.3 is 0 Å². The molecule has 0 saturated carbocycles. The van der Waals surface area contributed by atoms with Gasteiger partial charge in [-0.05, 0) is 41.8 Å². The van der Waals surface area contributed by atoms with Gasteiger partial charge in [0.15, 0.2) is 0 Å². The van der Waals surface area contributed by atoms with Crippen LogP contribution in [0.1, 0.15) is 17.7 Å². The standard InChI is InChI=1S/C10H12BrNO2S2/c1-7-9(6-10(11)15-7)16(13,14)12-8-4-2-3-5-8/h2-3,6,8,12H,4-5H2,1H3. The van der Waals surface area contributed by atoms with E-state index >= 15 is 0 Å². The first-order valence-corrected chi connectivity index (χ1v) is 8.01. The van der Waals surface area contributed by atoms with Crippen molar-refractivity contribution in [3.8, 4) is 0 Å². The molecule has 1 heterocycles. The molecule has 1 aliphatic carbocycles. The van der Waals surface area contributed by atoms with Crippen molar-refractivity contribution >= 4 is 37.3 Å². The van der Waals surface area contributed by atoms with E-state index < -0.39 is 10.0 Å². The second kappa shape index (κ2) is 4.60. The van der Waals surface area contributed by atoms with Gasteiger partial charge < -0.3 is 0 Å². The number of hydrogen-bond acceptors (Lipinski definition) is 3. The largest absolute Gasteiger partial charge is 0.241 e. The highest BCUT2D eigenvalue weighted by molar-refractivity contribution is 9.11. The van der Waals surface area contributed by atoms with Crippen molar-refractivity contribution in [3.63, 3.8) is 0 Å². The molecule has 0 bridgehead atoms. The van der Waals surface area contributed by atoms with E-state index in [2.05, 4.69) is 20.7 Å². The van der Waals surface area contributed by atoms with Crippen molar-refractivity contribution in [1.29, 1.82) is 0 Å². The fourth-order valence-corrected chi connectivity index (χ4v) is 5.37. The lowest BCUT2D eigenvalue weighted by atomic mass is 10.3. The lowest BCUT2D eigenvalue weighted by Gasteiger charge is -2.12. The topological polar surface area (TPSA) is 46.2 Å². The third kappa shape index (κ3) is 2.56. The van der Waals surface area contributed by atoms with Crippen molar-refractivity contribution in [2.75, 3.05) is 0 Å². The molecule has 0 radical (unpaired) electrons. The summed E-state index contributed by atoms with van der Waals surface area (Å²) in [5, 5.41) is 0. The first kappa shape index (κ1) is 12.3. The fourth-order valence-electron chi connectivity index (χ4n) is 1.69. The Bertz CT molecular complexity index is 511. The van der Waals surface area contributed by atoms with Crippen molar-refractivity contribution < 1.29 is 8.42 Å². The van der Waals surface area contributed by atoms with Gasteiger partial charge in [-0.2, -0.15) is 0 Å². The molecular weight excluding hydrogens is 310 g/mol. The predicted octanol–water partition coefficient (Wildman–Crippen LogP) is 2.82. The highest BCUT2D eigenvalue weighted by Crippen LogP contribution is 2.30. The number of nitrogens with one attached hydrogen (secondary N) is 1. The summed E-state index contributed by atoms with van der Waals surface area (Å²) < 4.78 is 27.7. The summed E-state index contributed by atoms with van der Waals surface area (Å²) in [5.41, 5.74) is 0. The summed E-state index contributed by atoms with van der Waals surface area (Å²) in [6, 6.07) is 1.67. The van der Waals surface area contributed by atoms with Crippen LogP contribution in [0.2, 0.25) is 0 Å². The number of sulfonamides is 1. The number of rotatable bonds is 3. The Morgan fingerprint density at radius 1 is 1.44 bits per heavy atom. The van der Waals surface area contributed by atoms with Gasteiger partial charge in [0.05, 0.1) is 8.68 Å². The van der Waals surface area contributed by atoms with Crippen LogP contribution in [0.25, 0.3) is 0 Å². The number of halogens is 1. The maximum Gasteiger partial charge on any atom is 0.241 e. The summed E-state index contributed by atoms with van der Waals surface area (Å²) in [5.74, 6) is 0.